The van der Waals surface area contributed by atoms with Crippen LogP contribution >= 0.6 is 27.7 Å². The van der Waals surface area contributed by atoms with E-state index in [0.717, 1.165) is 33.1 Å². The van der Waals surface area contributed by atoms with Gasteiger partial charge in [0.2, 0.25) is 0 Å². The van der Waals surface area contributed by atoms with Crippen LogP contribution in [0.15, 0.2) is 98.5 Å². The first kappa shape index (κ1) is 26.1. The number of carbonyl (C=O) groups excluding carboxylic acids is 1. The average Bonchev–Trinajstić information content (AvgIpc) is 3.59. The van der Waals surface area contributed by atoms with Crippen molar-refractivity contribution in [3.05, 3.63) is 117 Å². The molecule has 12 heteroatoms. The van der Waals surface area contributed by atoms with E-state index in [0.29, 0.717) is 12.1 Å². The highest BCUT2D eigenvalue weighted by atomic mass is 79.9. The second kappa shape index (κ2) is 10.8. The summed E-state index contributed by atoms with van der Waals surface area (Å²) in [5, 5.41) is 10.8. The number of halogens is 3. The number of thioether (sulfide) groups is 1. The number of rotatable bonds is 6. The van der Waals surface area contributed by atoms with Crippen LogP contribution in [0.4, 0.5) is 8.78 Å². The van der Waals surface area contributed by atoms with Gasteiger partial charge in [-0.2, -0.15) is 10.2 Å². The molecule has 0 radical (unpaired) electrons. The number of nitrogens with one attached hydrogen (secondary N) is 1. The van der Waals surface area contributed by atoms with Crippen molar-refractivity contribution in [3.8, 4) is 5.69 Å². The lowest BCUT2D eigenvalue weighted by atomic mass is 9.98. The molecule has 1 aliphatic heterocycles. The average molecular weight is 621 g/mol. The molecule has 2 aromatic heterocycles. The summed E-state index contributed by atoms with van der Waals surface area (Å²) in [4.78, 5) is 33.4. The van der Waals surface area contributed by atoms with E-state index >= 15 is 0 Å². The largest absolute Gasteiger partial charge is 0.301 e. The van der Waals surface area contributed by atoms with Gasteiger partial charge in [0.05, 0.1) is 29.4 Å². The Morgan fingerprint density at radius 1 is 1.00 bits per heavy atom. The minimum atomic E-state index is -0.415. The summed E-state index contributed by atoms with van der Waals surface area (Å²) in [6.07, 6.45) is 1.85. The minimum absolute atomic E-state index is 0.0616. The molecule has 3 aromatic carbocycles. The standard InChI is InChI=1S/C28H19BrF2N6O2S/c29-18-5-1-16(2-6-18)23-13-24(17-3-7-19(30)8-4-17)37(35-23)25(38)15-40-28-33-26-22(27(39)34-28)14-32-36(26)21-11-9-20(31)10-12-21/h1-12,14,24H,13,15H2,(H,33,34,39)/t24-/m0/s1. The summed E-state index contributed by atoms with van der Waals surface area (Å²) in [7, 11) is 0. The van der Waals surface area contributed by atoms with Gasteiger partial charge in [0.1, 0.15) is 17.0 Å². The number of benzene rings is 3. The Balaban J connectivity index is 1.27. The Kier molecular flexibility index (Phi) is 7.03. The summed E-state index contributed by atoms with van der Waals surface area (Å²) in [6, 6.07) is 18.9. The molecule has 0 aliphatic carbocycles. The Labute approximate surface area is 238 Å². The molecule has 0 bridgehead atoms. The Morgan fingerprint density at radius 2 is 1.68 bits per heavy atom. The van der Waals surface area contributed by atoms with Crippen molar-refractivity contribution in [1.29, 1.82) is 0 Å². The van der Waals surface area contributed by atoms with E-state index in [-0.39, 0.29) is 33.7 Å². The molecule has 200 valence electrons. The highest BCUT2D eigenvalue weighted by Gasteiger charge is 2.33. The van der Waals surface area contributed by atoms with E-state index in [2.05, 4.69) is 36.1 Å². The molecule has 40 heavy (non-hydrogen) atoms. The third-order valence-corrected chi connectivity index (χ3v) is 7.80. The highest BCUT2D eigenvalue weighted by molar-refractivity contribution is 9.10. The van der Waals surface area contributed by atoms with Crippen LogP contribution in [0.5, 0.6) is 0 Å². The van der Waals surface area contributed by atoms with Crippen LogP contribution < -0.4 is 5.56 Å². The van der Waals surface area contributed by atoms with Crippen LogP contribution in [0.2, 0.25) is 0 Å². The molecule has 0 fully saturated rings. The number of amides is 1. The van der Waals surface area contributed by atoms with Gasteiger partial charge in [0, 0.05) is 10.9 Å². The van der Waals surface area contributed by atoms with Gasteiger partial charge >= 0.3 is 0 Å². The number of hydrazone groups is 1. The summed E-state index contributed by atoms with van der Waals surface area (Å²) >= 11 is 4.49. The second-order valence-corrected chi connectivity index (χ2v) is 10.9. The van der Waals surface area contributed by atoms with Crippen molar-refractivity contribution in [1.82, 2.24) is 24.8 Å². The number of carbonyl (C=O) groups is 1. The van der Waals surface area contributed by atoms with Crippen LogP contribution in [0.25, 0.3) is 16.7 Å². The van der Waals surface area contributed by atoms with Gasteiger partial charge in [-0.15, -0.1) is 0 Å². The molecule has 0 spiro atoms. The fourth-order valence-corrected chi connectivity index (χ4v) is 5.41. The first-order valence-corrected chi connectivity index (χ1v) is 13.9. The van der Waals surface area contributed by atoms with Gasteiger partial charge in [-0.3, -0.25) is 9.59 Å². The first-order valence-electron chi connectivity index (χ1n) is 12.1. The van der Waals surface area contributed by atoms with E-state index in [1.807, 2.05) is 24.3 Å². The van der Waals surface area contributed by atoms with Crippen molar-refractivity contribution >= 4 is 50.3 Å². The summed E-state index contributed by atoms with van der Waals surface area (Å²) < 4.78 is 29.4. The first-order chi connectivity index (χ1) is 19.4. The molecule has 1 atom stereocenters. The lowest BCUT2D eigenvalue weighted by Crippen LogP contribution is -2.28. The van der Waals surface area contributed by atoms with Gasteiger partial charge in [-0.25, -0.2) is 23.5 Å². The molecule has 3 heterocycles. The topological polar surface area (TPSA) is 96.2 Å². The number of aromatic nitrogens is 4. The summed E-state index contributed by atoms with van der Waals surface area (Å²) in [6.45, 7) is 0. The van der Waals surface area contributed by atoms with Gasteiger partial charge in [-0.05, 0) is 59.7 Å². The minimum Gasteiger partial charge on any atom is -0.301 e. The van der Waals surface area contributed by atoms with E-state index in [1.165, 1.54) is 52.3 Å². The highest BCUT2D eigenvalue weighted by Crippen LogP contribution is 2.34. The number of fused-ring (bicyclic) bond motifs is 1. The fourth-order valence-electron chi connectivity index (χ4n) is 4.44. The number of hydrogen-bond donors (Lipinski definition) is 1. The quantitative estimate of drug-likeness (QED) is 0.196. The van der Waals surface area contributed by atoms with Crippen molar-refractivity contribution in [2.75, 3.05) is 5.75 Å². The zero-order valence-corrected chi connectivity index (χ0v) is 23.0. The summed E-state index contributed by atoms with van der Waals surface area (Å²) in [5.74, 6) is -1.13. The number of nitrogens with zero attached hydrogens (tertiary/aromatic N) is 5. The van der Waals surface area contributed by atoms with E-state index < -0.39 is 17.4 Å². The molecule has 1 aliphatic rings. The zero-order valence-electron chi connectivity index (χ0n) is 20.6. The number of hydrogen-bond acceptors (Lipinski definition) is 6. The maximum atomic E-state index is 13.6. The normalized spacial score (nSPS) is 15.0. The third-order valence-electron chi connectivity index (χ3n) is 6.42. The fraction of sp³-hybridized carbons (Fsp3) is 0.107. The smallest absolute Gasteiger partial charge is 0.262 e. The molecule has 1 N–H and O–H groups in total. The molecule has 0 saturated carbocycles. The molecular formula is C28H19BrF2N6O2S. The molecule has 1 amide bonds. The van der Waals surface area contributed by atoms with Crippen LogP contribution in [0, 0.1) is 11.6 Å². The second-order valence-electron chi connectivity index (χ2n) is 8.99. The van der Waals surface area contributed by atoms with Gasteiger partial charge in [0.25, 0.3) is 11.5 Å². The number of H-pyrrole nitrogens is 1. The third kappa shape index (κ3) is 5.19. The van der Waals surface area contributed by atoms with E-state index in [1.54, 1.807) is 12.1 Å². The molecular weight excluding hydrogens is 602 g/mol. The van der Waals surface area contributed by atoms with Gasteiger partial charge in [0.15, 0.2) is 10.8 Å². The van der Waals surface area contributed by atoms with Crippen LogP contribution in [-0.2, 0) is 4.79 Å². The maximum absolute atomic E-state index is 13.6. The molecule has 6 rings (SSSR count). The lowest BCUT2D eigenvalue weighted by Gasteiger charge is -2.22. The molecule has 8 nitrogen and oxygen atoms in total. The zero-order chi connectivity index (χ0) is 27.8. The molecule has 5 aromatic rings. The van der Waals surface area contributed by atoms with Crippen molar-refractivity contribution < 1.29 is 13.6 Å². The number of aromatic amines is 1. The summed E-state index contributed by atoms with van der Waals surface area (Å²) in [5.41, 5.74) is 2.78. The van der Waals surface area contributed by atoms with Crippen molar-refractivity contribution in [2.24, 2.45) is 5.10 Å². The van der Waals surface area contributed by atoms with Crippen LogP contribution in [0.3, 0.4) is 0 Å². The van der Waals surface area contributed by atoms with Crippen molar-refractivity contribution in [2.45, 2.75) is 17.6 Å². The maximum Gasteiger partial charge on any atom is 0.262 e. The van der Waals surface area contributed by atoms with Gasteiger partial charge < -0.3 is 4.98 Å². The molecule has 0 saturated heterocycles. The van der Waals surface area contributed by atoms with E-state index in [4.69, 9.17) is 0 Å². The van der Waals surface area contributed by atoms with E-state index in [9.17, 15) is 18.4 Å². The Morgan fingerprint density at radius 3 is 2.38 bits per heavy atom. The van der Waals surface area contributed by atoms with Crippen LogP contribution in [0.1, 0.15) is 23.6 Å². The Hall–Kier alpha value is -4.16. The van der Waals surface area contributed by atoms with Crippen molar-refractivity contribution in [3.63, 3.8) is 0 Å². The van der Waals surface area contributed by atoms with Gasteiger partial charge in [-0.1, -0.05) is 52.0 Å². The monoisotopic (exact) mass is 620 g/mol. The SMILES string of the molecule is O=C(CSc1nc2c(cnn2-c2ccc(F)cc2)c(=O)[nH]1)N1N=C(c2ccc(Br)cc2)C[C@H]1c1ccc(F)cc1. The predicted octanol–water partition coefficient (Wildman–Crippen LogP) is 5.62. The Bertz CT molecular complexity index is 1800. The van der Waals surface area contributed by atoms with Crippen LogP contribution in [-0.4, -0.2) is 42.1 Å². The predicted molar refractivity (Wildman–Crippen MR) is 151 cm³/mol. The lowest BCUT2D eigenvalue weighted by molar-refractivity contribution is -0.130. The molecule has 0 unspecified atom stereocenters.